The molecule has 1 saturated heterocycles. The molecule has 0 aliphatic carbocycles. The molecule has 21 heavy (non-hydrogen) atoms. The first-order chi connectivity index (χ1) is 10.1. The van der Waals surface area contributed by atoms with Gasteiger partial charge in [-0.05, 0) is 44.5 Å². The number of ether oxygens (including phenoxy) is 1. The predicted octanol–water partition coefficient (Wildman–Crippen LogP) is 3.21. The van der Waals surface area contributed by atoms with E-state index in [1.165, 1.54) is 5.69 Å². The summed E-state index contributed by atoms with van der Waals surface area (Å²) in [7, 11) is 0. The molecule has 2 heterocycles. The monoisotopic (exact) mass is 305 g/mol. The molecule has 0 aromatic heterocycles. The van der Waals surface area contributed by atoms with Gasteiger partial charge in [-0.15, -0.1) is 0 Å². The van der Waals surface area contributed by atoms with Gasteiger partial charge in [0.05, 0.1) is 18.8 Å². The van der Waals surface area contributed by atoms with Crippen LogP contribution in [0.1, 0.15) is 20.3 Å². The lowest BCUT2D eigenvalue weighted by atomic mass is 10.0. The highest BCUT2D eigenvalue weighted by Crippen LogP contribution is 2.27. The molecule has 1 N–H and O–H groups in total. The lowest BCUT2D eigenvalue weighted by Crippen LogP contribution is -2.36. The number of nitrogens with zero attached hydrogens (tertiary/aromatic N) is 2. The smallest absolute Gasteiger partial charge is 0.161 e. The van der Waals surface area contributed by atoms with Gasteiger partial charge < -0.3 is 15.0 Å². The molecule has 0 atom stereocenters. The summed E-state index contributed by atoms with van der Waals surface area (Å²) in [6, 6.07) is 8.62. The minimum absolute atomic E-state index is 0.0569. The number of benzene rings is 1. The van der Waals surface area contributed by atoms with E-state index in [2.05, 4.69) is 48.3 Å². The number of amidine groups is 1. The Hall–Kier alpha value is -1.20. The first-order valence-electron chi connectivity index (χ1n) is 7.55. The molecule has 0 amide bonds. The first kappa shape index (κ1) is 14.7. The van der Waals surface area contributed by atoms with Crippen LogP contribution in [-0.2, 0) is 4.74 Å². The molecule has 2 aliphatic heterocycles. The van der Waals surface area contributed by atoms with E-state index in [1.54, 1.807) is 11.8 Å². The summed E-state index contributed by atoms with van der Waals surface area (Å²) in [6.07, 6.45) is 1.14. The lowest BCUT2D eigenvalue weighted by molar-refractivity contribution is 0.122. The van der Waals surface area contributed by atoms with E-state index in [1.807, 2.05) is 0 Å². The summed E-state index contributed by atoms with van der Waals surface area (Å²) in [4.78, 5) is 7.13. The molecule has 3 rings (SSSR count). The Morgan fingerprint density at radius 2 is 1.90 bits per heavy atom. The van der Waals surface area contributed by atoms with E-state index in [-0.39, 0.29) is 5.54 Å². The third-order valence-corrected chi connectivity index (χ3v) is 4.73. The second kappa shape index (κ2) is 6.28. The molecule has 1 aromatic rings. The maximum absolute atomic E-state index is 5.39. The van der Waals surface area contributed by atoms with Crippen LogP contribution in [0.4, 0.5) is 11.4 Å². The van der Waals surface area contributed by atoms with Crippen LogP contribution in [0, 0.1) is 0 Å². The third kappa shape index (κ3) is 3.92. The van der Waals surface area contributed by atoms with Crippen molar-refractivity contribution < 1.29 is 4.74 Å². The van der Waals surface area contributed by atoms with Crippen LogP contribution >= 0.6 is 11.8 Å². The number of aliphatic imine (C=N–C) groups is 1. The summed E-state index contributed by atoms with van der Waals surface area (Å²) < 4.78 is 5.39. The highest BCUT2D eigenvalue weighted by atomic mass is 32.2. The fraction of sp³-hybridized carbons (Fsp3) is 0.562. The Kier molecular flexibility index (Phi) is 4.40. The number of anilines is 2. The average Bonchev–Trinajstić information content (AvgIpc) is 2.48. The van der Waals surface area contributed by atoms with E-state index in [0.29, 0.717) is 0 Å². The van der Waals surface area contributed by atoms with Gasteiger partial charge in [0.25, 0.3) is 0 Å². The van der Waals surface area contributed by atoms with E-state index >= 15 is 0 Å². The zero-order chi connectivity index (χ0) is 14.7. The number of hydrogen-bond acceptors (Lipinski definition) is 5. The number of nitrogens with one attached hydrogen (secondary N) is 1. The fourth-order valence-corrected chi connectivity index (χ4v) is 3.82. The Bertz CT molecular complexity index is 507. The number of hydrogen-bond donors (Lipinski definition) is 1. The number of rotatable bonds is 2. The Morgan fingerprint density at radius 1 is 1.19 bits per heavy atom. The van der Waals surface area contributed by atoms with E-state index in [0.717, 1.165) is 49.3 Å². The standard InChI is InChI=1S/C16H23N3OS/c1-16(2)7-12-21-15(18-16)17-13-3-5-14(6-4-13)19-8-10-20-11-9-19/h3-6H,7-12H2,1-2H3,(H,17,18). The van der Waals surface area contributed by atoms with Crippen LogP contribution in [0.15, 0.2) is 29.3 Å². The fourth-order valence-electron chi connectivity index (χ4n) is 2.53. The largest absolute Gasteiger partial charge is 0.378 e. The van der Waals surface area contributed by atoms with Crippen molar-refractivity contribution in [2.75, 3.05) is 42.3 Å². The maximum atomic E-state index is 5.39. The highest BCUT2D eigenvalue weighted by Gasteiger charge is 2.22. The normalized spacial score (nSPS) is 21.8. The van der Waals surface area contributed by atoms with Crippen molar-refractivity contribution in [3.8, 4) is 0 Å². The van der Waals surface area contributed by atoms with Crippen LogP contribution in [0.2, 0.25) is 0 Å². The number of morpholine rings is 1. The molecule has 0 radical (unpaired) electrons. The van der Waals surface area contributed by atoms with E-state index in [4.69, 9.17) is 9.73 Å². The van der Waals surface area contributed by atoms with Crippen LogP contribution in [0.25, 0.3) is 0 Å². The molecular weight excluding hydrogens is 282 g/mol. The molecular formula is C16H23N3OS. The van der Waals surface area contributed by atoms with Crippen molar-refractivity contribution in [3.05, 3.63) is 24.3 Å². The van der Waals surface area contributed by atoms with Gasteiger partial charge in [-0.25, -0.2) is 0 Å². The topological polar surface area (TPSA) is 36.9 Å². The summed E-state index contributed by atoms with van der Waals surface area (Å²) in [6.45, 7) is 7.98. The van der Waals surface area contributed by atoms with Crippen molar-refractivity contribution in [3.63, 3.8) is 0 Å². The Balaban J connectivity index is 1.65. The van der Waals surface area contributed by atoms with E-state index in [9.17, 15) is 0 Å². The van der Waals surface area contributed by atoms with Gasteiger partial charge in [0.2, 0.25) is 0 Å². The third-order valence-electron chi connectivity index (χ3n) is 3.85. The average molecular weight is 305 g/mol. The summed E-state index contributed by atoms with van der Waals surface area (Å²) in [5.74, 6) is 1.13. The van der Waals surface area contributed by atoms with Crippen molar-refractivity contribution in [1.29, 1.82) is 0 Å². The highest BCUT2D eigenvalue weighted by molar-refractivity contribution is 8.14. The van der Waals surface area contributed by atoms with Crippen LogP contribution in [0.3, 0.4) is 0 Å². The Labute approximate surface area is 131 Å². The molecule has 114 valence electrons. The Morgan fingerprint density at radius 3 is 2.57 bits per heavy atom. The van der Waals surface area contributed by atoms with Gasteiger partial charge in [-0.2, -0.15) is 0 Å². The van der Waals surface area contributed by atoms with Gasteiger partial charge in [0.15, 0.2) is 5.17 Å². The number of thioether (sulfide) groups is 1. The van der Waals surface area contributed by atoms with Gasteiger partial charge in [-0.3, -0.25) is 4.99 Å². The molecule has 1 fully saturated rings. The molecule has 0 saturated carbocycles. The molecule has 1 aromatic carbocycles. The SMILES string of the molecule is CC1(C)CCSC(Nc2ccc(N3CCOCC3)cc2)=N1. The second-order valence-corrected chi connectivity index (χ2v) is 7.18. The quantitative estimate of drug-likeness (QED) is 0.910. The zero-order valence-electron chi connectivity index (χ0n) is 12.8. The minimum Gasteiger partial charge on any atom is -0.378 e. The first-order valence-corrected chi connectivity index (χ1v) is 8.53. The summed E-state index contributed by atoms with van der Waals surface area (Å²) in [5.41, 5.74) is 2.43. The molecule has 5 heteroatoms. The summed E-state index contributed by atoms with van der Waals surface area (Å²) >= 11 is 1.80. The van der Waals surface area contributed by atoms with Gasteiger partial charge in [0.1, 0.15) is 0 Å². The van der Waals surface area contributed by atoms with Gasteiger partial charge in [0, 0.05) is 30.2 Å². The lowest BCUT2D eigenvalue weighted by Gasteiger charge is -2.29. The zero-order valence-corrected chi connectivity index (χ0v) is 13.6. The van der Waals surface area contributed by atoms with Gasteiger partial charge >= 0.3 is 0 Å². The van der Waals surface area contributed by atoms with Crippen LogP contribution in [0.5, 0.6) is 0 Å². The molecule has 2 aliphatic rings. The predicted molar refractivity (Wildman–Crippen MR) is 91.7 cm³/mol. The van der Waals surface area contributed by atoms with Crippen LogP contribution < -0.4 is 10.2 Å². The van der Waals surface area contributed by atoms with Crippen molar-refractivity contribution in [2.24, 2.45) is 4.99 Å². The minimum atomic E-state index is 0.0569. The van der Waals surface area contributed by atoms with Crippen molar-refractivity contribution >= 4 is 28.3 Å². The van der Waals surface area contributed by atoms with E-state index < -0.39 is 0 Å². The van der Waals surface area contributed by atoms with Crippen molar-refractivity contribution in [2.45, 2.75) is 25.8 Å². The van der Waals surface area contributed by atoms with Gasteiger partial charge in [-0.1, -0.05) is 11.8 Å². The molecule has 0 bridgehead atoms. The van der Waals surface area contributed by atoms with Crippen LogP contribution in [-0.4, -0.2) is 42.8 Å². The van der Waals surface area contributed by atoms with Crippen molar-refractivity contribution in [1.82, 2.24) is 0 Å². The molecule has 0 unspecified atom stereocenters. The second-order valence-electron chi connectivity index (χ2n) is 6.10. The summed E-state index contributed by atoms with van der Waals surface area (Å²) in [5, 5.41) is 4.47. The maximum Gasteiger partial charge on any atom is 0.161 e. The molecule has 4 nitrogen and oxygen atoms in total. The molecule has 0 spiro atoms.